The molecule has 1 heterocycles. The van der Waals surface area contributed by atoms with E-state index in [4.69, 9.17) is 5.73 Å². The molecule has 2 aliphatic rings. The highest BCUT2D eigenvalue weighted by atomic mass is 15.3. The maximum Gasteiger partial charge on any atom is 0.0538 e. The zero-order valence-electron chi connectivity index (χ0n) is 12.8. The third kappa shape index (κ3) is 3.41. The second-order valence-corrected chi connectivity index (χ2v) is 6.80. The first-order valence-corrected chi connectivity index (χ1v) is 8.15. The summed E-state index contributed by atoms with van der Waals surface area (Å²) in [5.74, 6) is 1.83. The van der Waals surface area contributed by atoms with Crippen molar-refractivity contribution in [1.82, 2.24) is 14.7 Å². The van der Waals surface area contributed by atoms with Gasteiger partial charge in [0.25, 0.3) is 0 Å². The third-order valence-corrected chi connectivity index (χ3v) is 4.72. The summed E-state index contributed by atoms with van der Waals surface area (Å²) in [7, 11) is 1.99. The average Bonchev–Trinajstić information content (AvgIpc) is 3.34. The van der Waals surface area contributed by atoms with Crippen LogP contribution in [0, 0.1) is 11.8 Å². The number of aryl methyl sites for hydroxylation is 1. The predicted octanol–water partition coefficient (Wildman–Crippen LogP) is 2.32. The number of aromatic nitrogens is 2. The first-order valence-electron chi connectivity index (χ1n) is 8.15. The van der Waals surface area contributed by atoms with E-state index in [0.29, 0.717) is 6.04 Å². The summed E-state index contributed by atoms with van der Waals surface area (Å²) in [6.07, 6.45) is 10.8. The number of rotatable bonds is 8. The zero-order valence-corrected chi connectivity index (χ0v) is 12.8. The van der Waals surface area contributed by atoms with Gasteiger partial charge >= 0.3 is 0 Å². The molecule has 112 valence electrons. The Morgan fingerprint density at radius 2 is 1.90 bits per heavy atom. The summed E-state index contributed by atoms with van der Waals surface area (Å²) in [4.78, 5) is 2.67. The van der Waals surface area contributed by atoms with E-state index in [9.17, 15) is 0 Å². The maximum absolute atomic E-state index is 6.47. The predicted molar refractivity (Wildman–Crippen MR) is 81.2 cm³/mol. The van der Waals surface area contributed by atoms with Gasteiger partial charge in [0, 0.05) is 37.9 Å². The van der Waals surface area contributed by atoms with Crippen molar-refractivity contribution in [3.05, 3.63) is 18.0 Å². The van der Waals surface area contributed by atoms with E-state index in [1.54, 1.807) is 0 Å². The molecule has 0 bridgehead atoms. The van der Waals surface area contributed by atoms with E-state index in [1.165, 1.54) is 44.3 Å². The molecule has 0 aromatic carbocycles. The van der Waals surface area contributed by atoms with Gasteiger partial charge in [-0.15, -0.1) is 0 Å². The fourth-order valence-corrected chi connectivity index (χ4v) is 3.11. The molecule has 2 unspecified atom stereocenters. The Balaban J connectivity index is 1.79. The summed E-state index contributed by atoms with van der Waals surface area (Å²) in [5.41, 5.74) is 7.77. The van der Waals surface area contributed by atoms with Crippen molar-refractivity contribution in [3.63, 3.8) is 0 Å². The van der Waals surface area contributed by atoms with Crippen molar-refractivity contribution in [2.75, 3.05) is 13.1 Å². The molecule has 20 heavy (non-hydrogen) atoms. The van der Waals surface area contributed by atoms with Crippen LogP contribution >= 0.6 is 0 Å². The molecule has 1 aromatic rings. The molecule has 2 aliphatic carbocycles. The molecule has 0 spiro atoms. The lowest BCUT2D eigenvalue weighted by atomic mass is 9.98. The highest BCUT2D eigenvalue weighted by Gasteiger charge is 2.35. The van der Waals surface area contributed by atoms with Gasteiger partial charge < -0.3 is 5.73 Å². The Labute approximate surface area is 122 Å². The van der Waals surface area contributed by atoms with Crippen LogP contribution in [0.2, 0.25) is 0 Å². The van der Waals surface area contributed by atoms with Gasteiger partial charge in [-0.3, -0.25) is 9.58 Å². The summed E-state index contributed by atoms with van der Waals surface area (Å²) in [6, 6.07) is 0.548. The molecule has 4 nitrogen and oxygen atoms in total. The Bertz CT molecular complexity index is 419. The highest BCUT2D eigenvalue weighted by molar-refractivity contribution is 5.14. The van der Waals surface area contributed by atoms with E-state index in [2.05, 4.69) is 23.1 Å². The molecule has 2 N–H and O–H groups in total. The smallest absolute Gasteiger partial charge is 0.0538 e. The van der Waals surface area contributed by atoms with Crippen molar-refractivity contribution in [1.29, 1.82) is 0 Å². The van der Waals surface area contributed by atoms with Gasteiger partial charge in [-0.1, -0.05) is 6.92 Å². The molecule has 1 aromatic heterocycles. The summed E-state index contributed by atoms with van der Waals surface area (Å²) in [6.45, 7) is 4.65. The third-order valence-electron chi connectivity index (χ3n) is 4.72. The number of nitrogens with zero attached hydrogens (tertiary/aromatic N) is 3. The summed E-state index contributed by atoms with van der Waals surface area (Å²) >= 11 is 0. The molecule has 4 heteroatoms. The second-order valence-electron chi connectivity index (χ2n) is 6.80. The molecule has 3 rings (SSSR count). The van der Waals surface area contributed by atoms with Gasteiger partial charge in [-0.05, 0) is 43.9 Å². The molecule has 2 atom stereocenters. The van der Waals surface area contributed by atoms with Gasteiger partial charge in [0.1, 0.15) is 0 Å². The minimum Gasteiger partial charge on any atom is -0.326 e. The normalized spacial score (nSPS) is 22.2. The van der Waals surface area contributed by atoms with Crippen LogP contribution in [-0.2, 0) is 7.05 Å². The first kappa shape index (κ1) is 14.1. The fraction of sp³-hybridized carbons (Fsp3) is 0.812. The van der Waals surface area contributed by atoms with Crippen molar-refractivity contribution in [2.45, 2.75) is 51.1 Å². The topological polar surface area (TPSA) is 47.1 Å². The standard InChI is InChI=1S/C16H28N4/c1-3-15(17)16(14-8-18-19(2)11-14)20(9-12-4-5-12)10-13-6-7-13/h8,11-13,15-16H,3-7,9-10,17H2,1-2H3. The van der Waals surface area contributed by atoms with Crippen LogP contribution in [-0.4, -0.2) is 33.8 Å². The molecule has 0 saturated heterocycles. The number of hydrogen-bond donors (Lipinski definition) is 1. The number of nitrogens with two attached hydrogens (primary N) is 1. The monoisotopic (exact) mass is 276 g/mol. The second kappa shape index (κ2) is 5.86. The Morgan fingerprint density at radius 1 is 1.30 bits per heavy atom. The lowest BCUT2D eigenvalue weighted by molar-refractivity contribution is 0.155. The lowest BCUT2D eigenvalue weighted by Gasteiger charge is -2.35. The maximum atomic E-state index is 6.47. The van der Waals surface area contributed by atoms with Gasteiger partial charge in [0.15, 0.2) is 0 Å². The van der Waals surface area contributed by atoms with E-state index in [-0.39, 0.29) is 6.04 Å². The molecular weight excluding hydrogens is 248 g/mol. The van der Waals surface area contributed by atoms with Crippen LogP contribution in [0.3, 0.4) is 0 Å². The van der Waals surface area contributed by atoms with Gasteiger partial charge in [0.2, 0.25) is 0 Å². The largest absolute Gasteiger partial charge is 0.326 e. The van der Waals surface area contributed by atoms with Gasteiger partial charge in [-0.25, -0.2) is 0 Å². The summed E-state index contributed by atoms with van der Waals surface area (Å²) < 4.78 is 1.90. The van der Waals surface area contributed by atoms with Crippen LogP contribution < -0.4 is 5.73 Å². The van der Waals surface area contributed by atoms with Crippen LogP contribution in [0.25, 0.3) is 0 Å². The van der Waals surface area contributed by atoms with E-state index < -0.39 is 0 Å². The van der Waals surface area contributed by atoms with Crippen LogP contribution in [0.4, 0.5) is 0 Å². The van der Waals surface area contributed by atoms with Gasteiger partial charge in [0.05, 0.1) is 12.2 Å². The van der Waals surface area contributed by atoms with Crippen molar-refractivity contribution in [2.24, 2.45) is 24.6 Å². The number of hydrogen-bond acceptors (Lipinski definition) is 3. The highest BCUT2D eigenvalue weighted by Crippen LogP contribution is 2.38. The molecule has 2 saturated carbocycles. The van der Waals surface area contributed by atoms with E-state index >= 15 is 0 Å². The average molecular weight is 276 g/mol. The van der Waals surface area contributed by atoms with E-state index in [1.807, 2.05) is 17.9 Å². The minimum atomic E-state index is 0.205. The molecule has 0 radical (unpaired) electrons. The van der Waals surface area contributed by atoms with Crippen LogP contribution in [0.15, 0.2) is 12.4 Å². The van der Waals surface area contributed by atoms with Crippen LogP contribution in [0.1, 0.15) is 50.6 Å². The van der Waals surface area contributed by atoms with E-state index in [0.717, 1.165) is 18.3 Å². The SMILES string of the molecule is CCC(N)C(c1cnn(C)c1)N(CC1CC1)CC1CC1. The van der Waals surface area contributed by atoms with Gasteiger partial charge in [-0.2, -0.15) is 5.10 Å². The summed E-state index contributed by atoms with van der Waals surface area (Å²) in [5, 5.41) is 4.36. The molecule has 2 fully saturated rings. The fourth-order valence-electron chi connectivity index (χ4n) is 3.11. The van der Waals surface area contributed by atoms with Crippen LogP contribution in [0.5, 0.6) is 0 Å². The zero-order chi connectivity index (χ0) is 14.1. The van der Waals surface area contributed by atoms with Crippen molar-refractivity contribution < 1.29 is 0 Å². The molecular formula is C16H28N4. The quantitative estimate of drug-likeness (QED) is 0.792. The molecule has 0 amide bonds. The minimum absolute atomic E-state index is 0.205. The Kier molecular flexibility index (Phi) is 4.13. The first-order chi connectivity index (χ1) is 9.67. The molecule has 0 aliphatic heterocycles. The Morgan fingerprint density at radius 3 is 2.30 bits per heavy atom. The van der Waals surface area contributed by atoms with Crippen molar-refractivity contribution in [3.8, 4) is 0 Å². The lowest BCUT2D eigenvalue weighted by Crippen LogP contribution is -2.42. The Hall–Kier alpha value is -0.870. The van der Waals surface area contributed by atoms with Crippen molar-refractivity contribution >= 4 is 0 Å².